The number of halogens is 1. The van der Waals surface area contributed by atoms with E-state index < -0.39 is 0 Å². The largest absolute Gasteiger partial charge is 0.494 e. The molecule has 4 heteroatoms. The zero-order valence-electron chi connectivity index (χ0n) is 10.6. The van der Waals surface area contributed by atoms with Gasteiger partial charge in [-0.25, -0.2) is 0 Å². The van der Waals surface area contributed by atoms with Gasteiger partial charge in [-0.2, -0.15) is 0 Å². The number of carbonyl (C=O) groups is 1. The monoisotopic (exact) mass is 311 g/mol. The number of amides is 1. The van der Waals surface area contributed by atoms with Crippen molar-refractivity contribution in [1.29, 1.82) is 0 Å². The van der Waals surface area contributed by atoms with E-state index in [1.54, 1.807) is 0 Å². The van der Waals surface area contributed by atoms with Gasteiger partial charge in [0.2, 0.25) is 5.91 Å². The van der Waals surface area contributed by atoms with E-state index in [1.165, 1.54) is 5.56 Å². The summed E-state index contributed by atoms with van der Waals surface area (Å²) < 4.78 is 5.47. The highest BCUT2D eigenvalue weighted by molar-refractivity contribution is 9.09. The van der Waals surface area contributed by atoms with Crippen molar-refractivity contribution >= 4 is 21.8 Å². The van der Waals surface area contributed by atoms with Crippen molar-refractivity contribution in [2.75, 3.05) is 19.7 Å². The summed E-state index contributed by atoms with van der Waals surface area (Å²) in [4.78, 5) is 13.9. The van der Waals surface area contributed by atoms with Gasteiger partial charge in [0.05, 0.1) is 6.61 Å². The first-order valence-corrected chi connectivity index (χ1v) is 7.24. The lowest BCUT2D eigenvalue weighted by Crippen LogP contribution is -2.27. The predicted octanol–water partition coefficient (Wildman–Crippen LogP) is 2.62. The van der Waals surface area contributed by atoms with E-state index in [0.717, 1.165) is 25.3 Å². The molecule has 0 bridgehead atoms. The van der Waals surface area contributed by atoms with Gasteiger partial charge in [-0.1, -0.05) is 28.1 Å². The fraction of sp³-hybridized carbons (Fsp3) is 0.500. The fourth-order valence-electron chi connectivity index (χ4n) is 2.16. The first-order chi connectivity index (χ1) is 8.69. The smallest absolute Gasteiger partial charge is 0.223 e. The standard InChI is InChI=1S/C14H18BrNO2/c1-2-18-13-5-3-4-11(8-13)6-7-16-10-12(15)9-14(16)17/h3-5,8,12H,2,6-7,9-10H2,1H3. The van der Waals surface area contributed by atoms with Crippen LogP contribution in [0.25, 0.3) is 0 Å². The Kier molecular flexibility index (Phi) is 4.64. The third-order valence-electron chi connectivity index (χ3n) is 3.05. The van der Waals surface area contributed by atoms with Crippen LogP contribution in [0.5, 0.6) is 5.75 Å². The summed E-state index contributed by atoms with van der Waals surface area (Å²) in [5.74, 6) is 1.15. The van der Waals surface area contributed by atoms with Crippen LogP contribution < -0.4 is 4.74 Å². The normalized spacial score (nSPS) is 19.3. The number of hydrogen-bond acceptors (Lipinski definition) is 2. The Labute approximate surface area is 116 Å². The molecule has 1 heterocycles. The zero-order chi connectivity index (χ0) is 13.0. The molecule has 1 unspecified atom stereocenters. The molecular weight excluding hydrogens is 294 g/mol. The molecule has 0 N–H and O–H groups in total. The van der Waals surface area contributed by atoms with Crippen LogP contribution in [0.1, 0.15) is 18.9 Å². The van der Waals surface area contributed by atoms with E-state index in [0.29, 0.717) is 17.9 Å². The minimum absolute atomic E-state index is 0.248. The maximum absolute atomic E-state index is 11.6. The van der Waals surface area contributed by atoms with E-state index in [9.17, 15) is 4.79 Å². The number of carbonyl (C=O) groups excluding carboxylic acids is 1. The molecule has 1 amide bonds. The molecule has 98 valence electrons. The van der Waals surface area contributed by atoms with Crippen molar-refractivity contribution in [1.82, 2.24) is 4.90 Å². The lowest BCUT2D eigenvalue weighted by atomic mass is 10.1. The summed E-state index contributed by atoms with van der Waals surface area (Å²) >= 11 is 3.49. The maximum Gasteiger partial charge on any atom is 0.223 e. The predicted molar refractivity (Wildman–Crippen MR) is 75.2 cm³/mol. The quantitative estimate of drug-likeness (QED) is 0.782. The molecule has 1 saturated heterocycles. The van der Waals surface area contributed by atoms with Gasteiger partial charge in [-0.3, -0.25) is 4.79 Å². The lowest BCUT2D eigenvalue weighted by Gasteiger charge is -2.15. The third kappa shape index (κ3) is 3.48. The van der Waals surface area contributed by atoms with Crippen LogP contribution in [0.2, 0.25) is 0 Å². The number of benzene rings is 1. The molecule has 18 heavy (non-hydrogen) atoms. The molecule has 1 fully saturated rings. The van der Waals surface area contributed by atoms with Crippen LogP contribution >= 0.6 is 15.9 Å². The van der Waals surface area contributed by atoms with Crippen LogP contribution in [0.3, 0.4) is 0 Å². The average molecular weight is 312 g/mol. The van der Waals surface area contributed by atoms with Gasteiger partial charge in [0.15, 0.2) is 0 Å². The molecular formula is C14H18BrNO2. The molecule has 2 rings (SSSR count). The summed E-state index contributed by atoms with van der Waals surface area (Å²) in [7, 11) is 0. The van der Waals surface area contributed by atoms with E-state index in [2.05, 4.69) is 28.1 Å². The van der Waals surface area contributed by atoms with Gasteiger partial charge in [0, 0.05) is 24.3 Å². The molecule has 1 atom stereocenters. The highest BCUT2D eigenvalue weighted by Crippen LogP contribution is 2.19. The lowest BCUT2D eigenvalue weighted by molar-refractivity contribution is -0.127. The second kappa shape index (κ2) is 6.23. The Morgan fingerprint density at radius 1 is 1.50 bits per heavy atom. The molecule has 0 radical (unpaired) electrons. The molecule has 0 aliphatic carbocycles. The number of ether oxygens (including phenoxy) is 1. The third-order valence-corrected chi connectivity index (χ3v) is 3.66. The number of likely N-dealkylation sites (tertiary alicyclic amines) is 1. The summed E-state index contributed by atoms with van der Waals surface area (Å²) in [5.41, 5.74) is 1.21. The van der Waals surface area contributed by atoms with Crippen molar-refractivity contribution in [2.45, 2.75) is 24.6 Å². The Bertz CT molecular complexity index is 422. The molecule has 1 aromatic carbocycles. The van der Waals surface area contributed by atoms with Crippen molar-refractivity contribution in [2.24, 2.45) is 0 Å². The van der Waals surface area contributed by atoms with Crippen LogP contribution in [0, 0.1) is 0 Å². The van der Waals surface area contributed by atoms with E-state index in [-0.39, 0.29) is 5.91 Å². The van der Waals surface area contributed by atoms with E-state index in [1.807, 2.05) is 24.0 Å². The molecule has 0 saturated carbocycles. The van der Waals surface area contributed by atoms with Gasteiger partial charge in [0.25, 0.3) is 0 Å². The summed E-state index contributed by atoms with van der Waals surface area (Å²) in [5, 5.41) is 0. The van der Waals surface area contributed by atoms with Crippen LogP contribution in [-0.2, 0) is 11.2 Å². The van der Waals surface area contributed by atoms with Crippen molar-refractivity contribution in [3.8, 4) is 5.75 Å². The topological polar surface area (TPSA) is 29.5 Å². The van der Waals surface area contributed by atoms with Gasteiger partial charge >= 0.3 is 0 Å². The van der Waals surface area contributed by atoms with Crippen LogP contribution in [0.15, 0.2) is 24.3 Å². The minimum atomic E-state index is 0.248. The fourth-order valence-corrected chi connectivity index (χ4v) is 2.79. The highest BCUT2D eigenvalue weighted by atomic mass is 79.9. The molecule has 0 spiro atoms. The van der Waals surface area contributed by atoms with Gasteiger partial charge < -0.3 is 9.64 Å². The Morgan fingerprint density at radius 3 is 3.00 bits per heavy atom. The maximum atomic E-state index is 11.6. The number of nitrogens with zero attached hydrogens (tertiary/aromatic N) is 1. The van der Waals surface area contributed by atoms with Gasteiger partial charge in [-0.05, 0) is 31.0 Å². The van der Waals surface area contributed by atoms with Crippen LogP contribution in [-0.4, -0.2) is 35.3 Å². The second-order valence-electron chi connectivity index (χ2n) is 4.47. The second-order valence-corrected chi connectivity index (χ2v) is 5.77. The number of rotatable bonds is 5. The van der Waals surface area contributed by atoms with Gasteiger partial charge in [0.1, 0.15) is 5.75 Å². The van der Waals surface area contributed by atoms with Gasteiger partial charge in [-0.15, -0.1) is 0 Å². The highest BCUT2D eigenvalue weighted by Gasteiger charge is 2.26. The van der Waals surface area contributed by atoms with Crippen molar-refractivity contribution < 1.29 is 9.53 Å². The minimum Gasteiger partial charge on any atom is -0.494 e. The number of alkyl halides is 1. The Hall–Kier alpha value is -1.03. The van der Waals surface area contributed by atoms with Crippen molar-refractivity contribution in [3.05, 3.63) is 29.8 Å². The molecule has 1 aliphatic heterocycles. The van der Waals surface area contributed by atoms with Crippen LogP contribution in [0.4, 0.5) is 0 Å². The van der Waals surface area contributed by atoms with E-state index >= 15 is 0 Å². The van der Waals surface area contributed by atoms with E-state index in [4.69, 9.17) is 4.74 Å². The Balaban J connectivity index is 1.90. The zero-order valence-corrected chi connectivity index (χ0v) is 12.1. The Morgan fingerprint density at radius 2 is 2.33 bits per heavy atom. The SMILES string of the molecule is CCOc1cccc(CCN2CC(Br)CC2=O)c1. The molecule has 0 aromatic heterocycles. The first-order valence-electron chi connectivity index (χ1n) is 6.32. The average Bonchev–Trinajstić information content (AvgIpc) is 2.66. The van der Waals surface area contributed by atoms with Crippen molar-refractivity contribution in [3.63, 3.8) is 0 Å². The summed E-state index contributed by atoms with van der Waals surface area (Å²) in [6, 6.07) is 8.09. The molecule has 3 nitrogen and oxygen atoms in total. The molecule has 1 aliphatic rings. The first kappa shape index (κ1) is 13.4. The molecule has 1 aromatic rings. The summed E-state index contributed by atoms with van der Waals surface area (Å²) in [6.07, 6.45) is 1.51. The number of hydrogen-bond donors (Lipinski definition) is 0. The summed E-state index contributed by atoms with van der Waals surface area (Å²) in [6.45, 7) is 4.27.